The minimum atomic E-state index is -0.913. The lowest BCUT2D eigenvalue weighted by Gasteiger charge is -2.05. The Morgan fingerprint density at radius 1 is 1.00 bits per heavy atom. The number of fused-ring (bicyclic) bond motifs is 1. The normalized spacial score (nSPS) is 10.7. The van der Waals surface area contributed by atoms with Gasteiger partial charge in [0.15, 0.2) is 17.1 Å². The maximum Gasteiger partial charge on any atom is 0.189 e. The molecule has 2 aromatic heterocycles. The molecule has 0 radical (unpaired) electrons. The maximum absolute atomic E-state index is 13.5. The first-order chi connectivity index (χ1) is 13.5. The van der Waals surface area contributed by atoms with Crippen LogP contribution in [0.5, 0.6) is 0 Å². The van der Waals surface area contributed by atoms with Gasteiger partial charge in [-0.3, -0.25) is 4.79 Å². The van der Waals surface area contributed by atoms with Crippen LogP contribution in [0, 0.1) is 30.4 Å². The molecule has 0 spiro atoms. The van der Waals surface area contributed by atoms with Crippen molar-refractivity contribution in [3.8, 4) is 11.8 Å². The van der Waals surface area contributed by atoms with Gasteiger partial charge in [0.05, 0.1) is 4.88 Å². The van der Waals surface area contributed by atoms with Gasteiger partial charge in [0.25, 0.3) is 0 Å². The summed E-state index contributed by atoms with van der Waals surface area (Å²) in [5.41, 5.74) is 2.54. The molecule has 5 heteroatoms. The Morgan fingerprint density at radius 2 is 1.79 bits per heavy atom. The van der Waals surface area contributed by atoms with Crippen LogP contribution in [0.15, 0.2) is 65.7 Å². The molecule has 0 saturated carbocycles. The van der Waals surface area contributed by atoms with Crippen molar-refractivity contribution in [2.75, 3.05) is 0 Å². The number of hydrogen-bond donors (Lipinski definition) is 0. The lowest BCUT2D eigenvalue weighted by molar-refractivity contribution is 0.507. The summed E-state index contributed by atoms with van der Waals surface area (Å²) in [4.78, 5) is 14.4. The summed E-state index contributed by atoms with van der Waals surface area (Å²) >= 11 is 1.46. The fraction of sp³-hybridized carbons (Fsp3) is 0.0870. The number of benzene rings is 2. The molecule has 0 aliphatic carbocycles. The third-order valence-corrected chi connectivity index (χ3v) is 5.57. The number of nitrogens with zero attached hydrogens (tertiary/aromatic N) is 1. The summed E-state index contributed by atoms with van der Waals surface area (Å²) < 4.78 is 28.5. The van der Waals surface area contributed by atoms with E-state index in [-0.39, 0.29) is 11.8 Å². The van der Waals surface area contributed by atoms with Gasteiger partial charge < -0.3 is 4.40 Å². The van der Waals surface area contributed by atoms with Crippen molar-refractivity contribution in [2.45, 2.75) is 13.3 Å². The summed E-state index contributed by atoms with van der Waals surface area (Å²) in [6, 6.07) is 13.4. The van der Waals surface area contributed by atoms with E-state index in [1.807, 2.05) is 40.9 Å². The highest BCUT2D eigenvalue weighted by molar-refractivity contribution is 7.18. The van der Waals surface area contributed by atoms with Gasteiger partial charge in [-0.05, 0) is 42.7 Å². The van der Waals surface area contributed by atoms with Gasteiger partial charge in [0.2, 0.25) is 0 Å². The molecular formula is C23H15F2NOS. The number of aromatic nitrogens is 1. The zero-order valence-corrected chi connectivity index (χ0v) is 15.8. The highest BCUT2D eigenvalue weighted by Gasteiger charge is 2.12. The summed E-state index contributed by atoms with van der Waals surface area (Å²) in [6.07, 6.45) is 3.87. The second-order valence-corrected chi connectivity index (χ2v) is 7.49. The second-order valence-electron chi connectivity index (χ2n) is 6.46. The van der Waals surface area contributed by atoms with Gasteiger partial charge in [-0.15, -0.1) is 11.3 Å². The van der Waals surface area contributed by atoms with Gasteiger partial charge >= 0.3 is 0 Å². The van der Waals surface area contributed by atoms with Crippen molar-refractivity contribution in [3.63, 3.8) is 0 Å². The van der Waals surface area contributed by atoms with Crippen LogP contribution in [-0.4, -0.2) is 4.40 Å². The van der Waals surface area contributed by atoms with Crippen LogP contribution in [0.3, 0.4) is 0 Å². The lowest BCUT2D eigenvalue weighted by Crippen LogP contribution is -2.14. The van der Waals surface area contributed by atoms with Gasteiger partial charge in [-0.25, -0.2) is 8.78 Å². The topological polar surface area (TPSA) is 21.5 Å². The lowest BCUT2D eigenvalue weighted by atomic mass is 10.0. The van der Waals surface area contributed by atoms with E-state index in [9.17, 15) is 13.6 Å². The second kappa shape index (κ2) is 7.41. The van der Waals surface area contributed by atoms with Crippen molar-refractivity contribution in [2.24, 2.45) is 0 Å². The number of pyridine rings is 1. The molecule has 2 heterocycles. The molecule has 0 saturated heterocycles. The number of rotatable bonds is 2. The van der Waals surface area contributed by atoms with E-state index in [0.717, 1.165) is 27.4 Å². The third-order valence-electron chi connectivity index (χ3n) is 4.43. The number of hydrogen-bond acceptors (Lipinski definition) is 2. The molecule has 2 nitrogen and oxygen atoms in total. The van der Waals surface area contributed by atoms with Gasteiger partial charge in [-0.1, -0.05) is 30.2 Å². The van der Waals surface area contributed by atoms with E-state index in [4.69, 9.17) is 0 Å². The molecule has 4 aromatic rings. The minimum absolute atomic E-state index is 0.0887. The Labute approximate surface area is 164 Å². The zero-order valence-electron chi connectivity index (χ0n) is 15.0. The Kier molecular flexibility index (Phi) is 4.81. The maximum atomic E-state index is 13.5. The van der Waals surface area contributed by atoms with Crippen molar-refractivity contribution in [1.82, 2.24) is 4.40 Å². The monoisotopic (exact) mass is 391 g/mol. The first kappa shape index (κ1) is 18.1. The Balaban J connectivity index is 1.72. The predicted molar refractivity (Wildman–Crippen MR) is 108 cm³/mol. The first-order valence-electron chi connectivity index (χ1n) is 8.66. The molecule has 0 amide bonds. The minimum Gasteiger partial charge on any atom is -0.313 e. The van der Waals surface area contributed by atoms with Gasteiger partial charge in [0, 0.05) is 35.5 Å². The summed E-state index contributed by atoms with van der Waals surface area (Å²) in [5.74, 6) is 4.44. The molecule has 138 valence electrons. The highest BCUT2D eigenvalue weighted by atomic mass is 32.1. The first-order valence-corrected chi connectivity index (χ1v) is 9.48. The number of halogens is 2. The molecule has 0 fully saturated rings. The average molecular weight is 391 g/mol. The standard InChI is InChI=1S/C23H15F2NOS/c1-15-22(27)18(11-17-8-10-20(24)21(25)12-17)13-26-14-19(28-23(15)26)9-7-16-5-3-2-4-6-16/h2-6,8,10,12-14H,11H2,1H3. The molecule has 0 N–H and O–H groups in total. The smallest absolute Gasteiger partial charge is 0.189 e. The molecule has 4 rings (SSSR count). The number of aryl methyl sites for hydroxylation is 1. The number of thiazole rings is 1. The van der Waals surface area contributed by atoms with E-state index in [1.54, 1.807) is 13.1 Å². The van der Waals surface area contributed by atoms with Gasteiger partial charge in [0.1, 0.15) is 4.83 Å². The molecular weight excluding hydrogens is 376 g/mol. The average Bonchev–Trinajstić information content (AvgIpc) is 3.11. The molecule has 28 heavy (non-hydrogen) atoms. The highest BCUT2D eigenvalue weighted by Crippen LogP contribution is 2.21. The predicted octanol–water partition coefficient (Wildman–Crippen LogP) is 4.94. The molecule has 0 unspecified atom stereocenters. The quantitative estimate of drug-likeness (QED) is 0.444. The molecule has 0 aliphatic rings. The van der Waals surface area contributed by atoms with Crippen LogP contribution in [0.25, 0.3) is 4.83 Å². The molecule has 0 aliphatic heterocycles. The SMILES string of the molecule is Cc1c(=O)c(Cc2ccc(F)c(F)c2)cn2cc(C#Cc3ccccc3)sc12. The van der Waals surface area contributed by atoms with Gasteiger partial charge in [-0.2, -0.15) is 0 Å². The summed E-state index contributed by atoms with van der Waals surface area (Å²) in [5, 5.41) is 0. The molecule has 2 aromatic carbocycles. The Bertz CT molecular complexity index is 1290. The van der Waals surface area contributed by atoms with E-state index in [2.05, 4.69) is 11.8 Å². The van der Waals surface area contributed by atoms with Crippen LogP contribution in [-0.2, 0) is 6.42 Å². The van der Waals surface area contributed by atoms with Crippen LogP contribution < -0.4 is 5.43 Å². The largest absolute Gasteiger partial charge is 0.313 e. The van der Waals surface area contributed by atoms with Crippen molar-refractivity contribution >= 4 is 16.2 Å². The summed E-state index contributed by atoms with van der Waals surface area (Å²) in [6.45, 7) is 1.78. The third kappa shape index (κ3) is 3.60. The zero-order chi connectivity index (χ0) is 19.7. The van der Waals surface area contributed by atoms with E-state index < -0.39 is 11.6 Å². The Morgan fingerprint density at radius 3 is 2.54 bits per heavy atom. The van der Waals surface area contributed by atoms with Crippen LogP contribution >= 0.6 is 11.3 Å². The fourth-order valence-electron chi connectivity index (χ4n) is 3.01. The van der Waals surface area contributed by atoms with Crippen LogP contribution in [0.4, 0.5) is 8.78 Å². The Hall–Kier alpha value is -3.23. The van der Waals surface area contributed by atoms with E-state index in [0.29, 0.717) is 16.7 Å². The van der Waals surface area contributed by atoms with Crippen molar-refractivity contribution < 1.29 is 8.78 Å². The van der Waals surface area contributed by atoms with Crippen molar-refractivity contribution in [1.29, 1.82) is 0 Å². The molecule has 0 bridgehead atoms. The summed E-state index contributed by atoms with van der Waals surface area (Å²) in [7, 11) is 0. The van der Waals surface area contributed by atoms with Crippen molar-refractivity contribution in [3.05, 3.63) is 110 Å². The van der Waals surface area contributed by atoms with E-state index in [1.165, 1.54) is 17.4 Å². The fourth-order valence-corrected chi connectivity index (χ4v) is 3.94. The van der Waals surface area contributed by atoms with E-state index >= 15 is 0 Å². The molecule has 0 atom stereocenters. The van der Waals surface area contributed by atoms with Crippen LogP contribution in [0.2, 0.25) is 0 Å². The van der Waals surface area contributed by atoms with Crippen LogP contribution in [0.1, 0.15) is 27.1 Å².